The van der Waals surface area contributed by atoms with Crippen LogP contribution in [0.1, 0.15) is 58.3 Å². The number of nitrogens with zero attached hydrogens (tertiary/aromatic N) is 15. The number of H-pyrrole nitrogens is 1. The van der Waals surface area contributed by atoms with E-state index in [4.69, 9.17) is 5.73 Å². The third-order valence-electron chi connectivity index (χ3n) is 9.21. The lowest BCUT2D eigenvalue weighted by Crippen LogP contribution is -2.04. The number of nitrogens with one attached hydrogen (secondary N) is 1. The Morgan fingerprint density at radius 3 is 1.25 bits per heavy atom. The Balaban J connectivity index is 0.000000209. The van der Waals surface area contributed by atoms with E-state index < -0.39 is 85.1 Å². The van der Waals surface area contributed by atoms with Gasteiger partial charge in [-0.3, -0.25) is 45.3 Å². The van der Waals surface area contributed by atoms with Gasteiger partial charge >= 0.3 is 0 Å². The van der Waals surface area contributed by atoms with Crippen LogP contribution in [0.4, 0.5) is 72.3 Å². The Kier molecular flexibility index (Phi) is 22.4. The summed E-state index contributed by atoms with van der Waals surface area (Å²) in [6.07, 6.45) is 0.315. The molecule has 0 fully saturated rings. The zero-order valence-electron chi connectivity index (χ0n) is 38.9. The summed E-state index contributed by atoms with van der Waals surface area (Å²) in [5.41, 5.74) is 2.09. The summed E-state index contributed by atoms with van der Waals surface area (Å²) in [6, 6.07) is 15.4. The topological polar surface area (TPSA) is 349 Å². The van der Waals surface area contributed by atoms with E-state index in [0.717, 1.165) is 62.8 Å². The van der Waals surface area contributed by atoms with Crippen LogP contribution in [0.5, 0.6) is 0 Å². The number of aldehydes is 1. The lowest BCUT2D eigenvalue weighted by molar-refractivity contribution is -0.385. The minimum absolute atomic E-state index is 0.0237. The molecule has 79 heavy (non-hydrogen) atoms. The molecule has 0 amide bonds. The predicted molar refractivity (Wildman–Crippen MR) is 250 cm³/mol. The first-order valence-electron chi connectivity index (χ1n) is 20.9. The maximum Gasteiger partial charge on any atom is 0.270 e. The number of nitrogen functional groups attached to an aromatic ring is 1. The monoisotopic (exact) mass is 1120 g/mol. The standard InChI is InChI=1S/2C9H6F2N4O2.C9H8F2N4.C7H4F3NO2.C7H4FNO3.C2H3N3/c10-9(11)7-5-6(15(16)17)1-2-8(7)14-4-3-12-13-14;10-9(11)7-5-6(15(16)17)1-2-8(7)14-12-3-4-13-14;10-9(11)7-5-6(12)1-2-8(7)15-13-3-4-14-15;8-6-2-1-4(11(12)13)3-5(6)7(9)10;8-7-2-1-6(9(11)12)3-5(7)4-10;1-2-4-5-3-1/h2*1-5,9H;1-5,9H,12H2;1-3,7H;1-4H;1-2H,(H,3,4,5). The van der Waals surface area contributed by atoms with Crippen molar-refractivity contribution in [3.63, 3.8) is 0 Å². The second-order valence-electron chi connectivity index (χ2n) is 14.2. The van der Waals surface area contributed by atoms with Crippen LogP contribution in [0.3, 0.4) is 0 Å². The molecule has 4 heterocycles. The van der Waals surface area contributed by atoms with Crippen molar-refractivity contribution >= 4 is 34.7 Å². The summed E-state index contributed by atoms with van der Waals surface area (Å²) in [5, 5.41) is 72.7. The average Bonchev–Trinajstić information content (AvgIpc) is 4.33. The molecule has 0 saturated heterocycles. The zero-order valence-corrected chi connectivity index (χ0v) is 38.9. The SMILES string of the molecule is Nc1ccc(-n2nccn2)c(C(F)F)c1.O=Cc1cc([N+](=O)[O-])ccc1F.O=[N+]([O-])c1ccc(-n2ccnn2)c(C(F)F)c1.O=[N+]([O-])c1ccc(-n2nccn2)c(C(F)F)c1.O=[N+]([O-])c1ccc(F)c(C(F)F)c1.c1cn[nH]n1. The maximum absolute atomic E-state index is 12.8. The Morgan fingerprint density at radius 1 is 0.481 bits per heavy atom. The number of carbonyl (C=O) groups is 1. The third-order valence-corrected chi connectivity index (χ3v) is 9.21. The van der Waals surface area contributed by atoms with Gasteiger partial charge in [-0.05, 0) is 42.5 Å². The number of anilines is 1. The Morgan fingerprint density at radius 2 is 0.861 bits per heavy atom. The molecule has 26 nitrogen and oxygen atoms in total. The smallest absolute Gasteiger partial charge is 0.270 e. The minimum Gasteiger partial charge on any atom is -0.399 e. The molecule has 9 rings (SSSR count). The van der Waals surface area contributed by atoms with Gasteiger partial charge in [0.1, 0.15) is 11.6 Å². The van der Waals surface area contributed by atoms with Crippen molar-refractivity contribution in [3.8, 4) is 17.1 Å². The summed E-state index contributed by atoms with van der Waals surface area (Å²) in [6.45, 7) is 0. The van der Waals surface area contributed by atoms with Crippen molar-refractivity contribution < 1.29 is 68.4 Å². The number of benzene rings is 5. The van der Waals surface area contributed by atoms with Crippen LogP contribution >= 0.6 is 0 Å². The quantitative estimate of drug-likeness (QED) is 0.0377. The summed E-state index contributed by atoms with van der Waals surface area (Å²) in [5.74, 6) is -1.89. The number of halogens is 10. The fourth-order valence-electron chi connectivity index (χ4n) is 5.71. The molecule has 0 aliphatic heterocycles. The molecule has 412 valence electrons. The maximum atomic E-state index is 12.8. The average molecular weight is 1120 g/mol. The van der Waals surface area contributed by atoms with Gasteiger partial charge < -0.3 is 5.73 Å². The van der Waals surface area contributed by atoms with E-state index >= 15 is 0 Å². The van der Waals surface area contributed by atoms with Gasteiger partial charge in [-0.2, -0.15) is 45.4 Å². The summed E-state index contributed by atoms with van der Waals surface area (Å²) in [7, 11) is 0. The second-order valence-corrected chi connectivity index (χ2v) is 14.2. The molecule has 0 bridgehead atoms. The highest BCUT2D eigenvalue weighted by molar-refractivity contribution is 5.76. The Bertz CT molecular complexity index is 3300. The molecule has 3 N–H and O–H groups in total. The highest BCUT2D eigenvalue weighted by atomic mass is 19.3. The van der Waals surface area contributed by atoms with Crippen molar-refractivity contribution in [2.24, 2.45) is 0 Å². The van der Waals surface area contributed by atoms with Crippen LogP contribution in [0.2, 0.25) is 0 Å². The van der Waals surface area contributed by atoms with E-state index in [1.807, 2.05) is 0 Å². The number of alkyl halides is 8. The van der Waals surface area contributed by atoms with Gasteiger partial charge in [-0.15, -0.1) is 5.10 Å². The predicted octanol–water partition coefficient (Wildman–Crippen LogP) is 10.0. The van der Waals surface area contributed by atoms with Crippen molar-refractivity contribution in [2.45, 2.75) is 25.7 Å². The molecule has 4 aromatic heterocycles. The zero-order chi connectivity index (χ0) is 58.3. The molecule has 0 aliphatic carbocycles. The number of nitro groups is 4. The first-order valence-corrected chi connectivity index (χ1v) is 20.9. The lowest BCUT2D eigenvalue weighted by Gasteiger charge is -2.08. The van der Waals surface area contributed by atoms with Crippen LogP contribution in [0.25, 0.3) is 17.1 Å². The number of aromatic amines is 1. The number of aromatic nitrogens is 12. The fourth-order valence-corrected chi connectivity index (χ4v) is 5.71. The van der Waals surface area contributed by atoms with E-state index in [0.29, 0.717) is 17.8 Å². The van der Waals surface area contributed by atoms with Crippen molar-refractivity contribution in [2.75, 3.05) is 5.73 Å². The van der Waals surface area contributed by atoms with E-state index in [9.17, 15) is 89.2 Å². The fraction of sp³-hybridized carbons (Fsp3) is 0.0930. The van der Waals surface area contributed by atoms with Crippen LogP contribution in [-0.2, 0) is 0 Å². The molecule has 9 aromatic rings. The molecule has 0 saturated carbocycles. The van der Waals surface area contributed by atoms with Gasteiger partial charge in [-0.1, -0.05) is 5.21 Å². The molecule has 0 radical (unpaired) electrons. The van der Waals surface area contributed by atoms with Crippen molar-refractivity contribution in [1.82, 2.24) is 60.4 Å². The van der Waals surface area contributed by atoms with Gasteiger partial charge in [-0.25, -0.2) is 48.6 Å². The van der Waals surface area contributed by atoms with Gasteiger partial charge in [0, 0.05) is 59.8 Å². The minimum atomic E-state index is -3.04. The largest absolute Gasteiger partial charge is 0.399 e. The van der Waals surface area contributed by atoms with Crippen molar-refractivity contribution in [3.05, 3.63) is 220 Å². The third kappa shape index (κ3) is 17.8. The van der Waals surface area contributed by atoms with E-state index in [1.54, 1.807) is 12.4 Å². The van der Waals surface area contributed by atoms with E-state index in [2.05, 4.69) is 46.1 Å². The molecular weight excluding hydrogens is 1090 g/mol. The molecular formula is C43H31F10N17O9. The Labute approximate surface area is 431 Å². The summed E-state index contributed by atoms with van der Waals surface area (Å²) >= 11 is 0. The summed E-state index contributed by atoms with van der Waals surface area (Å²) in [4.78, 5) is 50.5. The molecule has 0 spiro atoms. The van der Waals surface area contributed by atoms with E-state index in [-0.39, 0.29) is 45.8 Å². The Hall–Kier alpha value is -11.0. The van der Waals surface area contributed by atoms with Gasteiger partial charge in [0.25, 0.3) is 48.5 Å². The second kappa shape index (κ2) is 29.2. The highest BCUT2D eigenvalue weighted by Gasteiger charge is 2.22. The molecule has 36 heteroatoms. The highest BCUT2D eigenvalue weighted by Crippen LogP contribution is 2.31. The van der Waals surface area contributed by atoms with Crippen LogP contribution < -0.4 is 5.73 Å². The van der Waals surface area contributed by atoms with Crippen molar-refractivity contribution in [1.29, 1.82) is 0 Å². The number of hydrogen-bond acceptors (Lipinski definition) is 18. The van der Waals surface area contributed by atoms with E-state index in [1.165, 1.54) is 67.5 Å². The number of non-ortho nitro benzene ring substituents is 4. The lowest BCUT2D eigenvalue weighted by atomic mass is 10.1. The molecule has 0 atom stereocenters. The van der Waals surface area contributed by atoms with Crippen LogP contribution in [-0.4, -0.2) is 86.4 Å². The number of hydrogen-bond donors (Lipinski definition) is 2. The number of carbonyl (C=O) groups excluding carboxylic acids is 1. The van der Waals surface area contributed by atoms with Crippen LogP contribution in [0.15, 0.2) is 141 Å². The molecule has 0 aliphatic rings. The number of nitrogens with two attached hydrogens (primary N) is 1. The van der Waals surface area contributed by atoms with Gasteiger partial charge in [0.05, 0.1) is 109 Å². The van der Waals surface area contributed by atoms with Gasteiger partial charge in [0.2, 0.25) is 0 Å². The first-order chi connectivity index (χ1) is 37.5. The number of rotatable bonds is 12. The number of nitro benzene ring substituents is 4. The normalized spacial score (nSPS) is 10.4. The summed E-state index contributed by atoms with van der Waals surface area (Å²) < 4.78 is 127. The molecule has 5 aromatic carbocycles. The first kappa shape index (κ1) is 60.6. The molecule has 0 unspecified atom stereocenters. The van der Waals surface area contributed by atoms with Gasteiger partial charge in [0.15, 0.2) is 6.29 Å². The van der Waals surface area contributed by atoms with Crippen LogP contribution in [0, 0.1) is 52.1 Å².